The Hall–Kier alpha value is -0.440. The molecule has 4 heteroatoms. The summed E-state index contributed by atoms with van der Waals surface area (Å²) in [6, 6.07) is 3.93. The average Bonchev–Trinajstić information content (AvgIpc) is 2.22. The van der Waals surface area contributed by atoms with Crippen LogP contribution in [-0.4, -0.2) is 13.2 Å². The summed E-state index contributed by atoms with van der Waals surface area (Å²) in [4.78, 5) is 0. The molecule has 2 atom stereocenters. The van der Waals surface area contributed by atoms with Crippen LogP contribution in [-0.2, 0) is 0 Å². The zero-order valence-electron chi connectivity index (χ0n) is 9.39. The van der Waals surface area contributed by atoms with Crippen LogP contribution in [0.4, 0.5) is 0 Å². The van der Waals surface area contributed by atoms with E-state index in [1.807, 2.05) is 6.07 Å². The minimum absolute atomic E-state index is 0.268. The second-order valence-corrected chi connectivity index (χ2v) is 4.97. The molecule has 0 amide bonds. The zero-order chi connectivity index (χ0) is 11.7. The summed E-state index contributed by atoms with van der Waals surface area (Å²) >= 11 is 12.2. The van der Waals surface area contributed by atoms with Crippen LogP contribution in [0.3, 0.4) is 0 Å². The van der Waals surface area contributed by atoms with E-state index in [4.69, 9.17) is 27.9 Å². The molecule has 2 nitrogen and oxygen atoms in total. The predicted molar refractivity (Wildman–Crippen MR) is 67.5 cm³/mol. The van der Waals surface area contributed by atoms with Crippen molar-refractivity contribution in [3.63, 3.8) is 0 Å². The SMILES string of the molecule is CCNC1c2cc(Cl)cc(Cl)c2OCC1C. The van der Waals surface area contributed by atoms with E-state index in [1.165, 1.54) is 0 Å². The Morgan fingerprint density at radius 1 is 1.44 bits per heavy atom. The summed E-state index contributed by atoms with van der Waals surface area (Å²) in [5.41, 5.74) is 1.07. The largest absolute Gasteiger partial charge is 0.491 e. The third kappa shape index (κ3) is 2.15. The topological polar surface area (TPSA) is 21.3 Å². The maximum absolute atomic E-state index is 6.12. The predicted octanol–water partition coefficient (Wildman–Crippen LogP) is 3.67. The lowest BCUT2D eigenvalue weighted by atomic mass is 9.92. The maximum Gasteiger partial charge on any atom is 0.142 e. The molecule has 0 saturated carbocycles. The van der Waals surface area contributed by atoms with Crippen molar-refractivity contribution < 1.29 is 4.74 Å². The van der Waals surface area contributed by atoms with E-state index in [0.29, 0.717) is 22.6 Å². The lowest BCUT2D eigenvalue weighted by Crippen LogP contribution is -2.33. The van der Waals surface area contributed by atoms with Crippen LogP contribution in [0.1, 0.15) is 25.5 Å². The molecule has 0 spiro atoms. The maximum atomic E-state index is 6.12. The Kier molecular flexibility index (Phi) is 3.63. The van der Waals surface area contributed by atoms with Crippen molar-refractivity contribution in [2.45, 2.75) is 19.9 Å². The highest BCUT2D eigenvalue weighted by Gasteiger charge is 2.29. The highest BCUT2D eigenvalue weighted by molar-refractivity contribution is 6.35. The minimum atomic E-state index is 0.268. The summed E-state index contributed by atoms with van der Waals surface area (Å²) in [7, 11) is 0. The fourth-order valence-corrected chi connectivity index (χ4v) is 2.68. The van der Waals surface area contributed by atoms with Crippen LogP contribution in [0.2, 0.25) is 10.0 Å². The fourth-order valence-electron chi connectivity index (χ4n) is 2.11. The number of hydrogen-bond donors (Lipinski definition) is 1. The lowest BCUT2D eigenvalue weighted by molar-refractivity contribution is 0.190. The molecule has 0 aromatic heterocycles. The van der Waals surface area contributed by atoms with Crippen LogP contribution >= 0.6 is 23.2 Å². The molecule has 0 fully saturated rings. The van der Waals surface area contributed by atoms with Crippen molar-refractivity contribution in [2.24, 2.45) is 5.92 Å². The second-order valence-electron chi connectivity index (χ2n) is 4.13. The van der Waals surface area contributed by atoms with Crippen molar-refractivity contribution in [2.75, 3.05) is 13.2 Å². The number of rotatable bonds is 2. The third-order valence-electron chi connectivity index (χ3n) is 2.86. The molecule has 16 heavy (non-hydrogen) atoms. The van der Waals surface area contributed by atoms with E-state index < -0.39 is 0 Å². The first-order valence-electron chi connectivity index (χ1n) is 5.48. The van der Waals surface area contributed by atoms with Gasteiger partial charge in [0, 0.05) is 22.5 Å². The molecule has 2 unspecified atom stereocenters. The minimum Gasteiger partial charge on any atom is -0.491 e. The zero-order valence-corrected chi connectivity index (χ0v) is 10.9. The van der Waals surface area contributed by atoms with E-state index in [1.54, 1.807) is 6.07 Å². The van der Waals surface area contributed by atoms with Gasteiger partial charge in [0.15, 0.2) is 0 Å². The first-order chi connectivity index (χ1) is 7.63. The quantitative estimate of drug-likeness (QED) is 0.875. The fraction of sp³-hybridized carbons (Fsp3) is 0.500. The van der Waals surface area contributed by atoms with Gasteiger partial charge in [-0.3, -0.25) is 0 Å². The number of ether oxygens (including phenoxy) is 1. The molecule has 1 aromatic carbocycles. The summed E-state index contributed by atoms with van der Waals surface area (Å²) in [6.07, 6.45) is 0. The number of halogens is 2. The number of benzene rings is 1. The summed E-state index contributed by atoms with van der Waals surface area (Å²) in [5.74, 6) is 1.19. The molecule has 0 radical (unpaired) electrons. The molecule has 1 aromatic rings. The smallest absolute Gasteiger partial charge is 0.142 e. The van der Waals surface area contributed by atoms with Gasteiger partial charge in [-0.05, 0) is 18.7 Å². The highest BCUT2D eigenvalue weighted by Crippen LogP contribution is 2.41. The normalized spacial score (nSPS) is 23.8. The molecule has 88 valence electrons. The van der Waals surface area contributed by atoms with Gasteiger partial charge in [-0.15, -0.1) is 0 Å². The average molecular weight is 260 g/mol. The first kappa shape index (κ1) is 12.0. The van der Waals surface area contributed by atoms with Crippen LogP contribution in [0.5, 0.6) is 5.75 Å². The number of fused-ring (bicyclic) bond motifs is 1. The van der Waals surface area contributed by atoms with Crippen molar-refractivity contribution in [3.8, 4) is 5.75 Å². The summed E-state index contributed by atoms with van der Waals surface area (Å²) in [6.45, 7) is 5.85. The van der Waals surface area contributed by atoms with E-state index >= 15 is 0 Å². The second kappa shape index (κ2) is 4.82. The van der Waals surface area contributed by atoms with E-state index in [9.17, 15) is 0 Å². The summed E-state index contributed by atoms with van der Waals surface area (Å²) in [5, 5.41) is 4.70. The molecule has 1 N–H and O–H groups in total. The van der Waals surface area contributed by atoms with E-state index in [0.717, 1.165) is 17.9 Å². The molecule has 1 heterocycles. The van der Waals surface area contributed by atoms with Gasteiger partial charge < -0.3 is 10.1 Å². The molecule has 0 bridgehead atoms. The Morgan fingerprint density at radius 2 is 2.19 bits per heavy atom. The standard InChI is InChI=1S/C12H15Cl2NO/c1-3-15-11-7(2)6-16-12-9(11)4-8(13)5-10(12)14/h4-5,7,11,15H,3,6H2,1-2H3. The monoisotopic (exact) mass is 259 g/mol. The first-order valence-corrected chi connectivity index (χ1v) is 6.24. The van der Waals surface area contributed by atoms with Crippen LogP contribution < -0.4 is 10.1 Å². The highest BCUT2D eigenvalue weighted by atomic mass is 35.5. The molecular formula is C12H15Cl2NO. The van der Waals surface area contributed by atoms with Crippen molar-refractivity contribution in [1.82, 2.24) is 5.32 Å². The van der Waals surface area contributed by atoms with Crippen LogP contribution in [0.25, 0.3) is 0 Å². The lowest BCUT2D eigenvalue weighted by Gasteiger charge is -2.32. The number of nitrogens with one attached hydrogen (secondary N) is 1. The van der Waals surface area contributed by atoms with Gasteiger partial charge >= 0.3 is 0 Å². The van der Waals surface area contributed by atoms with Crippen LogP contribution in [0.15, 0.2) is 12.1 Å². The number of hydrogen-bond acceptors (Lipinski definition) is 2. The molecular weight excluding hydrogens is 245 g/mol. The molecule has 2 rings (SSSR count). The van der Waals surface area contributed by atoms with Gasteiger partial charge in [0.2, 0.25) is 0 Å². The molecule has 1 aliphatic heterocycles. The van der Waals surface area contributed by atoms with Gasteiger partial charge in [-0.2, -0.15) is 0 Å². The Labute approximate surface area is 106 Å². The summed E-state index contributed by atoms with van der Waals surface area (Å²) < 4.78 is 5.67. The third-order valence-corrected chi connectivity index (χ3v) is 3.35. The molecule has 1 aliphatic rings. The Morgan fingerprint density at radius 3 is 2.88 bits per heavy atom. The van der Waals surface area contributed by atoms with Gasteiger partial charge in [0.05, 0.1) is 11.6 Å². The molecule has 0 saturated heterocycles. The van der Waals surface area contributed by atoms with Crippen molar-refractivity contribution in [1.29, 1.82) is 0 Å². The van der Waals surface area contributed by atoms with Gasteiger partial charge in [-0.1, -0.05) is 37.0 Å². The van der Waals surface area contributed by atoms with Crippen LogP contribution in [0, 0.1) is 5.92 Å². The van der Waals surface area contributed by atoms with Gasteiger partial charge in [-0.25, -0.2) is 0 Å². The Bertz CT molecular complexity index is 395. The van der Waals surface area contributed by atoms with Gasteiger partial charge in [0.1, 0.15) is 5.75 Å². The van der Waals surface area contributed by atoms with E-state index in [2.05, 4.69) is 19.2 Å². The Balaban J connectivity index is 2.45. The molecule has 0 aliphatic carbocycles. The van der Waals surface area contributed by atoms with Gasteiger partial charge in [0.25, 0.3) is 0 Å². The van der Waals surface area contributed by atoms with Crippen molar-refractivity contribution >= 4 is 23.2 Å². The van der Waals surface area contributed by atoms with E-state index in [-0.39, 0.29) is 6.04 Å². The van der Waals surface area contributed by atoms with Crippen molar-refractivity contribution in [3.05, 3.63) is 27.7 Å².